The smallest absolute Gasteiger partial charge is 0.418 e. The number of aromatic nitrogens is 2. The Labute approximate surface area is 157 Å². The van der Waals surface area contributed by atoms with E-state index < -0.39 is 17.7 Å². The van der Waals surface area contributed by atoms with Gasteiger partial charge in [-0.15, -0.1) is 0 Å². The maximum absolute atomic E-state index is 13.4. The average molecular weight is 382 g/mol. The van der Waals surface area contributed by atoms with Crippen LogP contribution in [0.1, 0.15) is 61.4 Å². The van der Waals surface area contributed by atoms with Crippen LogP contribution in [0.2, 0.25) is 0 Å². The third-order valence-corrected chi connectivity index (χ3v) is 4.34. The lowest BCUT2D eigenvalue weighted by Crippen LogP contribution is -2.14. The van der Waals surface area contributed by atoms with Gasteiger partial charge in [-0.2, -0.15) is 18.3 Å². The van der Waals surface area contributed by atoms with Crippen molar-refractivity contribution in [1.82, 2.24) is 9.78 Å². The minimum Gasteiger partial charge on any atom is -0.478 e. The molecule has 1 N–H and O–H groups in total. The quantitative estimate of drug-likeness (QED) is 0.742. The summed E-state index contributed by atoms with van der Waals surface area (Å²) in [7, 11) is 0. The summed E-state index contributed by atoms with van der Waals surface area (Å²) in [4.78, 5) is 11.8. The van der Waals surface area contributed by atoms with Gasteiger partial charge < -0.3 is 5.11 Å². The zero-order chi connectivity index (χ0) is 20.6. The molecule has 7 heteroatoms. The number of halogens is 3. The Bertz CT molecular complexity index is 833. The van der Waals surface area contributed by atoms with E-state index in [1.807, 2.05) is 6.92 Å². The average Bonchev–Trinajstić information content (AvgIpc) is 2.80. The van der Waals surface area contributed by atoms with Crippen molar-refractivity contribution in [3.8, 4) is 5.69 Å². The SMILES string of the molecule is Cc1c(C(=O)O)c(CC(C)CC(C)(C)C)nn1-c1ccccc1C(F)(F)F. The summed E-state index contributed by atoms with van der Waals surface area (Å²) >= 11 is 0. The Morgan fingerprint density at radius 3 is 2.33 bits per heavy atom. The second kappa shape index (κ2) is 7.37. The maximum Gasteiger partial charge on any atom is 0.418 e. The molecule has 27 heavy (non-hydrogen) atoms. The number of carboxylic acids is 1. The number of nitrogens with zero attached hydrogens (tertiary/aromatic N) is 2. The minimum atomic E-state index is -4.56. The summed E-state index contributed by atoms with van der Waals surface area (Å²) in [5, 5.41) is 13.9. The highest BCUT2D eigenvalue weighted by molar-refractivity contribution is 5.90. The Kier molecular flexibility index (Phi) is 5.73. The van der Waals surface area contributed by atoms with Gasteiger partial charge in [0.25, 0.3) is 0 Å². The predicted octanol–water partition coefficient (Wildman–Crippen LogP) is 5.51. The van der Waals surface area contributed by atoms with Gasteiger partial charge in [-0.1, -0.05) is 39.8 Å². The van der Waals surface area contributed by atoms with Gasteiger partial charge >= 0.3 is 12.1 Å². The molecule has 1 unspecified atom stereocenters. The second-order valence-electron chi connectivity index (χ2n) is 8.21. The first-order valence-corrected chi connectivity index (χ1v) is 8.79. The summed E-state index contributed by atoms with van der Waals surface area (Å²) < 4.78 is 41.2. The molecule has 0 spiro atoms. The molecule has 4 nitrogen and oxygen atoms in total. The van der Waals surface area contributed by atoms with Gasteiger partial charge in [-0.3, -0.25) is 0 Å². The summed E-state index contributed by atoms with van der Waals surface area (Å²) in [5.74, 6) is -1.04. The molecule has 2 aromatic rings. The molecule has 0 aliphatic rings. The fourth-order valence-electron chi connectivity index (χ4n) is 3.56. The fraction of sp³-hybridized carbons (Fsp3) is 0.500. The van der Waals surface area contributed by atoms with Crippen molar-refractivity contribution < 1.29 is 23.1 Å². The van der Waals surface area contributed by atoms with E-state index in [0.717, 1.165) is 17.2 Å². The second-order valence-corrected chi connectivity index (χ2v) is 8.21. The normalized spacial score (nSPS) is 13.6. The van der Waals surface area contributed by atoms with Crippen molar-refractivity contribution in [1.29, 1.82) is 0 Å². The van der Waals surface area contributed by atoms with E-state index in [1.54, 1.807) is 0 Å². The topological polar surface area (TPSA) is 55.1 Å². The maximum atomic E-state index is 13.4. The van der Waals surface area contributed by atoms with Crippen LogP contribution in [-0.2, 0) is 12.6 Å². The number of aromatic carboxylic acids is 1. The molecular formula is C20H25F3N2O2. The number of carbonyl (C=O) groups is 1. The Morgan fingerprint density at radius 1 is 1.22 bits per heavy atom. The van der Waals surface area contributed by atoms with Crippen molar-refractivity contribution in [2.24, 2.45) is 11.3 Å². The number of para-hydroxylation sites is 1. The van der Waals surface area contributed by atoms with Gasteiger partial charge in [0.1, 0.15) is 5.56 Å². The van der Waals surface area contributed by atoms with Gasteiger partial charge in [0, 0.05) is 0 Å². The molecule has 2 rings (SSSR count). The molecule has 0 saturated carbocycles. The van der Waals surface area contributed by atoms with Crippen LogP contribution in [0.5, 0.6) is 0 Å². The zero-order valence-electron chi connectivity index (χ0n) is 16.2. The minimum absolute atomic E-state index is 0.0206. The summed E-state index contributed by atoms with van der Waals surface area (Å²) in [5.41, 5.74) is -0.469. The molecule has 0 amide bonds. The van der Waals surface area contributed by atoms with Crippen molar-refractivity contribution in [2.45, 2.75) is 53.6 Å². The van der Waals surface area contributed by atoms with Crippen LogP contribution in [0.25, 0.3) is 5.69 Å². The van der Waals surface area contributed by atoms with Crippen LogP contribution < -0.4 is 0 Å². The van der Waals surface area contributed by atoms with Crippen LogP contribution in [0.4, 0.5) is 13.2 Å². The molecule has 1 atom stereocenters. The Morgan fingerprint density at radius 2 is 1.81 bits per heavy atom. The summed E-state index contributed by atoms with van der Waals surface area (Å²) in [6, 6.07) is 5.05. The van der Waals surface area contributed by atoms with Gasteiger partial charge in [0.2, 0.25) is 0 Å². The first kappa shape index (κ1) is 21.0. The van der Waals surface area contributed by atoms with E-state index in [1.165, 1.54) is 25.1 Å². The van der Waals surface area contributed by atoms with Crippen LogP contribution >= 0.6 is 0 Å². The van der Waals surface area contributed by atoms with Crippen LogP contribution in [-0.4, -0.2) is 20.9 Å². The molecule has 148 valence electrons. The van der Waals surface area contributed by atoms with E-state index in [2.05, 4.69) is 25.9 Å². The molecule has 1 aromatic heterocycles. The lowest BCUT2D eigenvalue weighted by molar-refractivity contribution is -0.137. The predicted molar refractivity (Wildman–Crippen MR) is 97.2 cm³/mol. The lowest BCUT2D eigenvalue weighted by Gasteiger charge is -2.22. The highest BCUT2D eigenvalue weighted by atomic mass is 19.4. The number of hydrogen-bond donors (Lipinski definition) is 1. The fourth-order valence-corrected chi connectivity index (χ4v) is 3.56. The van der Waals surface area contributed by atoms with Crippen LogP contribution in [0.15, 0.2) is 24.3 Å². The van der Waals surface area contributed by atoms with E-state index in [4.69, 9.17) is 0 Å². The standard InChI is InChI=1S/C20H25F3N2O2/c1-12(11-19(3,4)5)10-15-17(18(26)27)13(2)25(24-15)16-9-7-6-8-14(16)20(21,22)23/h6-9,12H,10-11H2,1-5H3,(H,26,27). The van der Waals surface area contributed by atoms with Gasteiger partial charge in [-0.25, -0.2) is 9.48 Å². The van der Waals surface area contributed by atoms with Crippen molar-refractivity contribution in [3.05, 3.63) is 46.8 Å². The number of rotatable bonds is 5. The number of hydrogen-bond acceptors (Lipinski definition) is 2. The molecule has 0 aliphatic carbocycles. The number of alkyl halides is 3. The van der Waals surface area contributed by atoms with E-state index in [0.29, 0.717) is 12.1 Å². The largest absolute Gasteiger partial charge is 0.478 e. The first-order chi connectivity index (χ1) is 12.3. The third kappa shape index (κ3) is 4.90. The monoisotopic (exact) mass is 382 g/mol. The zero-order valence-corrected chi connectivity index (χ0v) is 16.2. The van der Waals surface area contributed by atoms with Gasteiger partial charge in [0.15, 0.2) is 0 Å². The van der Waals surface area contributed by atoms with Crippen molar-refractivity contribution >= 4 is 5.97 Å². The molecule has 1 aromatic carbocycles. The van der Waals surface area contributed by atoms with Gasteiger partial charge in [-0.05, 0) is 43.2 Å². The molecule has 0 bridgehead atoms. The lowest BCUT2D eigenvalue weighted by atomic mass is 9.83. The van der Waals surface area contributed by atoms with E-state index in [-0.39, 0.29) is 28.3 Å². The van der Waals surface area contributed by atoms with E-state index >= 15 is 0 Å². The van der Waals surface area contributed by atoms with Crippen LogP contribution in [0, 0.1) is 18.3 Å². The van der Waals surface area contributed by atoms with Crippen molar-refractivity contribution in [2.75, 3.05) is 0 Å². The highest BCUT2D eigenvalue weighted by Gasteiger charge is 2.35. The number of carboxylic acid groups (broad SMARTS) is 1. The third-order valence-electron chi connectivity index (χ3n) is 4.34. The van der Waals surface area contributed by atoms with Gasteiger partial charge in [0.05, 0.1) is 22.6 Å². The molecule has 0 radical (unpaired) electrons. The molecular weight excluding hydrogens is 357 g/mol. The molecule has 1 heterocycles. The highest BCUT2D eigenvalue weighted by Crippen LogP contribution is 2.35. The Balaban J connectivity index is 2.54. The Hall–Kier alpha value is -2.31. The summed E-state index contributed by atoms with van der Waals surface area (Å²) in [6.07, 6.45) is -3.32. The van der Waals surface area contributed by atoms with E-state index in [9.17, 15) is 23.1 Å². The first-order valence-electron chi connectivity index (χ1n) is 8.79. The molecule has 0 saturated heterocycles. The molecule has 0 fully saturated rings. The van der Waals surface area contributed by atoms with Crippen molar-refractivity contribution in [3.63, 3.8) is 0 Å². The molecule has 0 aliphatic heterocycles. The summed E-state index contributed by atoms with van der Waals surface area (Å²) in [6.45, 7) is 9.75. The van der Waals surface area contributed by atoms with Crippen LogP contribution in [0.3, 0.4) is 0 Å². The number of benzene rings is 1.